The van der Waals surface area contributed by atoms with Gasteiger partial charge in [0.15, 0.2) is 0 Å². The highest BCUT2D eigenvalue weighted by atomic mass is 35.5. The van der Waals surface area contributed by atoms with E-state index in [-0.39, 0.29) is 17.1 Å². The summed E-state index contributed by atoms with van der Waals surface area (Å²) in [6.45, 7) is 0. The molecule has 2 N–H and O–H groups in total. The fourth-order valence-corrected chi connectivity index (χ4v) is 3.18. The molecule has 0 aliphatic carbocycles. The number of hydrogen-bond donors (Lipinski definition) is 2. The van der Waals surface area contributed by atoms with Gasteiger partial charge >= 0.3 is 0 Å². The second-order valence-electron chi connectivity index (χ2n) is 6.68. The van der Waals surface area contributed by atoms with Crippen molar-refractivity contribution in [2.24, 2.45) is 0 Å². The maximum atomic E-state index is 12.3. The van der Waals surface area contributed by atoms with E-state index in [4.69, 9.17) is 23.2 Å². The van der Waals surface area contributed by atoms with Gasteiger partial charge in [-0.15, -0.1) is 0 Å². The van der Waals surface area contributed by atoms with Crippen LogP contribution in [0.2, 0.25) is 10.0 Å². The summed E-state index contributed by atoms with van der Waals surface area (Å²) in [6, 6.07) is 17.8. The first-order valence-corrected chi connectivity index (χ1v) is 10.3. The third-order valence-corrected chi connectivity index (χ3v) is 5.05. The number of anilines is 2. The molecule has 7 nitrogen and oxygen atoms in total. The minimum Gasteiger partial charge on any atom is -0.322 e. The average Bonchev–Trinajstić information content (AvgIpc) is 2.78. The number of rotatable bonds is 7. The number of nitro benzene ring substituents is 1. The third kappa shape index (κ3) is 6.77. The van der Waals surface area contributed by atoms with E-state index < -0.39 is 16.7 Å². The molecule has 33 heavy (non-hydrogen) atoms. The number of carbonyl (C=O) groups is 2. The molecule has 3 aromatic carbocycles. The Labute approximate surface area is 199 Å². The Morgan fingerprint density at radius 3 is 1.82 bits per heavy atom. The van der Waals surface area contributed by atoms with Crippen LogP contribution in [0.3, 0.4) is 0 Å². The monoisotopic (exact) mass is 481 g/mol. The summed E-state index contributed by atoms with van der Waals surface area (Å²) in [7, 11) is 0. The van der Waals surface area contributed by atoms with Crippen molar-refractivity contribution in [3.63, 3.8) is 0 Å². The molecule has 0 spiro atoms. The molecule has 0 aliphatic heterocycles. The van der Waals surface area contributed by atoms with Crippen molar-refractivity contribution in [1.29, 1.82) is 0 Å². The molecule has 9 heteroatoms. The number of carbonyl (C=O) groups excluding carboxylic acids is 2. The van der Waals surface area contributed by atoms with Gasteiger partial charge in [-0.2, -0.15) is 0 Å². The molecule has 3 aromatic rings. The molecule has 0 aliphatic rings. The first-order valence-electron chi connectivity index (χ1n) is 9.59. The zero-order valence-corrected chi connectivity index (χ0v) is 18.5. The van der Waals surface area contributed by atoms with Crippen molar-refractivity contribution >= 4 is 64.2 Å². The molecule has 0 saturated heterocycles. The predicted molar refractivity (Wildman–Crippen MR) is 131 cm³/mol. The Hall–Kier alpha value is -3.94. The normalized spacial score (nSPS) is 11.0. The summed E-state index contributed by atoms with van der Waals surface area (Å²) >= 11 is 12.1. The Bertz CT molecular complexity index is 1270. The number of nitrogens with one attached hydrogen (secondary N) is 2. The van der Waals surface area contributed by atoms with Crippen LogP contribution in [0, 0.1) is 10.1 Å². The standard InChI is InChI=1S/C24H17Cl2N3O4/c25-19-7-3-1-5-16(19)9-13-23(30)27-18-11-12-22(29(32)33)21(15-18)28-24(31)14-10-17-6-2-4-8-20(17)26/h1-15H,(H,27,30)(H,28,31)/b13-9+,14-10+. The maximum absolute atomic E-state index is 12.3. The van der Waals surface area contributed by atoms with E-state index in [0.717, 1.165) is 0 Å². The molecule has 3 rings (SSSR count). The van der Waals surface area contributed by atoms with Crippen molar-refractivity contribution in [1.82, 2.24) is 0 Å². The summed E-state index contributed by atoms with van der Waals surface area (Å²) in [4.78, 5) is 35.3. The van der Waals surface area contributed by atoms with Crippen LogP contribution in [0.25, 0.3) is 12.2 Å². The molecule has 0 bridgehead atoms. The van der Waals surface area contributed by atoms with Crippen LogP contribution in [-0.2, 0) is 9.59 Å². The van der Waals surface area contributed by atoms with Gasteiger partial charge in [-0.3, -0.25) is 19.7 Å². The molecule has 0 aromatic heterocycles. The molecule has 2 amide bonds. The van der Waals surface area contributed by atoms with Crippen LogP contribution in [-0.4, -0.2) is 16.7 Å². The lowest BCUT2D eigenvalue weighted by atomic mass is 10.2. The maximum Gasteiger partial charge on any atom is 0.292 e. The Morgan fingerprint density at radius 1 is 0.788 bits per heavy atom. The van der Waals surface area contributed by atoms with Gasteiger partial charge in [-0.05, 0) is 47.5 Å². The van der Waals surface area contributed by atoms with Gasteiger partial charge in [-0.1, -0.05) is 59.6 Å². The zero-order valence-electron chi connectivity index (χ0n) is 17.0. The van der Waals surface area contributed by atoms with Crippen molar-refractivity contribution < 1.29 is 14.5 Å². The van der Waals surface area contributed by atoms with Crippen LogP contribution in [0.5, 0.6) is 0 Å². The molecule has 0 atom stereocenters. The molecule has 0 unspecified atom stereocenters. The summed E-state index contributed by atoms with van der Waals surface area (Å²) in [5.41, 5.74) is 1.16. The van der Waals surface area contributed by atoms with E-state index in [0.29, 0.717) is 21.2 Å². The van der Waals surface area contributed by atoms with Gasteiger partial charge in [-0.25, -0.2) is 0 Å². The predicted octanol–water partition coefficient (Wildman–Crippen LogP) is 6.21. The summed E-state index contributed by atoms with van der Waals surface area (Å²) in [5.74, 6) is -1.07. The van der Waals surface area contributed by atoms with E-state index in [1.807, 2.05) is 0 Å². The molecule has 0 heterocycles. The number of hydrogen-bond acceptors (Lipinski definition) is 4. The first kappa shape index (κ1) is 23.7. The van der Waals surface area contributed by atoms with Crippen molar-refractivity contribution in [3.05, 3.63) is 110 Å². The van der Waals surface area contributed by atoms with E-state index in [9.17, 15) is 19.7 Å². The van der Waals surface area contributed by atoms with Crippen molar-refractivity contribution in [2.45, 2.75) is 0 Å². The number of amides is 2. The van der Waals surface area contributed by atoms with Crippen LogP contribution < -0.4 is 10.6 Å². The summed E-state index contributed by atoms with van der Waals surface area (Å²) in [6.07, 6.45) is 5.54. The quantitative estimate of drug-likeness (QED) is 0.238. The highest BCUT2D eigenvalue weighted by molar-refractivity contribution is 6.32. The molecular weight excluding hydrogens is 465 g/mol. The Morgan fingerprint density at radius 2 is 1.30 bits per heavy atom. The van der Waals surface area contributed by atoms with Gasteiger partial charge in [0.05, 0.1) is 4.92 Å². The second kappa shape index (κ2) is 11.1. The van der Waals surface area contributed by atoms with E-state index in [2.05, 4.69) is 10.6 Å². The highest BCUT2D eigenvalue weighted by Crippen LogP contribution is 2.28. The van der Waals surface area contributed by atoms with Gasteiger partial charge in [0.25, 0.3) is 5.69 Å². The molecule has 0 saturated carbocycles. The highest BCUT2D eigenvalue weighted by Gasteiger charge is 2.16. The van der Waals surface area contributed by atoms with Gasteiger partial charge in [0.2, 0.25) is 11.8 Å². The van der Waals surface area contributed by atoms with E-state index in [1.54, 1.807) is 54.6 Å². The fourth-order valence-electron chi connectivity index (χ4n) is 2.78. The minimum absolute atomic E-state index is 0.0679. The lowest BCUT2D eigenvalue weighted by Crippen LogP contribution is -2.12. The molecule has 166 valence electrons. The van der Waals surface area contributed by atoms with Gasteiger partial charge in [0.1, 0.15) is 5.69 Å². The smallest absolute Gasteiger partial charge is 0.292 e. The molecule has 0 fully saturated rings. The van der Waals surface area contributed by atoms with Gasteiger partial charge in [0, 0.05) is 34.0 Å². The van der Waals surface area contributed by atoms with Crippen LogP contribution in [0.1, 0.15) is 11.1 Å². The van der Waals surface area contributed by atoms with E-state index >= 15 is 0 Å². The average molecular weight is 482 g/mol. The number of nitro groups is 1. The van der Waals surface area contributed by atoms with Crippen LogP contribution in [0.4, 0.5) is 17.1 Å². The second-order valence-corrected chi connectivity index (χ2v) is 7.49. The molecular formula is C24H17Cl2N3O4. The molecule has 0 radical (unpaired) electrons. The topological polar surface area (TPSA) is 101 Å². The summed E-state index contributed by atoms with van der Waals surface area (Å²) in [5, 5.41) is 17.4. The Kier molecular flexibility index (Phi) is 7.96. The van der Waals surface area contributed by atoms with E-state index in [1.165, 1.54) is 36.4 Å². The van der Waals surface area contributed by atoms with Crippen LogP contribution in [0.15, 0.2) is 78.9 Å². The number of benzene rings is 3. The first-order chi connectivity index (χ1) is 15.8. The van der Waals surface area contributed by atoms with Crippen molar-refractivity contribution in [2.75, 3.05) is 10.6 Å². The number of nitrogens with zero attached hydrogens (tertiary/aromatic N) is 1. The lowest BCUT2D eigenvalue weighted by Gasteiger charge is -2.08. The zero-order chi connectivity index (χ0) is 23.8. The van der Waals surface area contributed by atoms with Gasteiger partial charge < -0.3 is 10.6 Å². The number of halogens is 2. The fraction of sp³-hybridized carbons (Fsp3) is 0. The summed E-state index contributed by atoms with van der Waals surface area (Å²) < 4.78 is 0. The lowest BCUT2D eigenvalue weighted by molar-refractivity contribution is -0.383. The Balaban J connectivity index is 1.74. The van der Waals surface area contributed by atoms with Crippen LogP contribution >= 0.6 is 23.2 Å². The van der Waals surface area contributed by atoms with Crippen molar-refractivity contribution in [3.8, 4) is 0 Å². The SMILES string of the molecule is O=C(/C=C/c1ccccc1Cl)Nc1ccc([N+](=O)[O-])c(NC(=O)/C=C/c2ccccc2Cl)c1. The third-order valence-electron chi connectivity index (χ3n) is 4.36. The largest absolute Gasteiger partial charge is 0.322 e. The minimum atomic E-state index is -0.629.